The van der Waals surface area contributed by atoms with E-state index in [-0.39, 0.29) is 11.8 Å². The number of rotatable bonds is 3. The molecule has 1 aromatic rings. The van der Waals surface area contributed by atoms with Crippen LogP contribution in [-0.4, -0.2) is 35.1 Å². The molecular formula is C14H14N4O2. The third kappa shape index (κ3) is 2.45. The van der Waals surface area contributed by atoms with Gasteiger partial charge in [0, 0.05) is 30.9 Å². The predicted octanol–water partition coefficient (Wildman–Crippen LogP) is 0.163. The highest BCUT2D eigenvalue weighted by Gasteiger charge is 2.28. The highest BCUT2D eigenvalue weighted by Crippen LogP contribution is 2.16. The zero-order valence-corrected chi connectivity index (χ0v) is 10.8. The average molecular weight is 270 g/mol. The Morgan fingerprint density at radius 3 is 3.00 bits per heavy atom. The zero-order chi connectivity index (χ0) is 13.9. The van der Waals surface area contributed by atoms with Gasteiger partial charge in [0.2, 0.25) is 11.8 Å². The maximum absolute atomic E-state index is 12.1. The van der Waals surface area contributed by atoms with Crippen molar-refractivity contribution in [3.05, 3.63) is 41.9 Å². The molecule has 0 aromatic carbocycles. The highest BCUT2D eigenvalue weighted by atomic mass is 16.2. The minimum absolute atomic E-state index is 0.122. The van der Waals surface area contributed by atoms with Crippen LogP contribution in [0.5, 0.6) is 0 Å². The van der Waals surface area contributed by atoms with Crippen LogP contribution >= 0.6 is 0 Å². The van der Waals surface area contributed by atoms with E-state index in [0.717, 1.165) is 11.4 Å². The van der Waals surface area contributed by atoms with E-state index < -0.39 is 6.04 Å². The van der Waals surface area contributed by atoms with Gasteiger partial charge in [0.25, 0.3) is 0 Å². The third-order valence-electron chi connectivity index (χ3n) is 3.34. The maximum Gasteiger partial charge on any atom is 0.249 e. The minimum Gasteiger partial charge on any atom is -0.354 e. The lowest BCUT2D eigenvalue weighted by Crippen LogP contribution is -2.40. The molecule has 0 aliphatic carbocycles. The predicted molar refractivity (Wildman–Crippen MR) is 73.0 cm³/mol. The van der Waals surface area contributed by atoms with Crippen molar-refractivity contribution in [2.45, 2.75) is 18.9 Å². The highest BCUT2D eigenvalue weighted by molar-refractivity contribution is 6.10. The van der Waals surface area contributed by atoms with E-state index in [2.05, 4.69) is 20.6 Å². The molecule has 6 heteroatoms. The summed E-state index contributed by atoms with van der Waals surface area (Å²) in [5, 5.41) is 5.42. The van der Waals surface area contributed by atoms with Gasteiger partial charge in [0.15, 0.2) is 0 Å². The number of hydrogen-bond donors (Lipinski definition) is 2. The summed E-state index contributed by atoms with van der Waals surface area (Å²) >= 11 is 0. The van der Waals surface area contributed by atoms with E-state index in [1.54, 1.807) is 12.4 Å². The molecule has 0 saturated carbocycles. The maximum atomic E-state index is 12.1. The fourth-order valence-electron chi connectivity index (χ4n) is 2.24. The normalized spacial score (nSPS) is 21.2. The third-order valence-corrected chi connectivity index (χ3v) is 3.34. The van der Waals surface area contributed by atoms with Crippen molar-refractivity contribution in [2.75, 3.05) is 6.54 Å². The van der Waals surface area contributed by atoms with Crippen molar-refractivity contribution in [1.29, 1.82) is 0 Å². The van der Waals surface area contributed by atoms with Gasteiger partial charge < -0.3 is 10.6 Å². The van der Waals surface area contributed by atoms with Crippen LogP contribution in [0.4, 0.5) is 0 Å². The molecule has 3 rings (SSSR count). The van der Waals surface area contributed by atoms with E-state index in [9.17, 15) is 9.59 Å². The summed E-state index contributed by atoms with van der Waals surface area (Å²) in [6.07, 6.45) is 4.31. The molecule has 102 valence electrons. The summed E-state index contributed by atoms with van der Waals surface area (Å²) in [5.74, 6) is -0.357. The molecule has 2 aliphatic rings. The molecule has 0 bridgehead atoms. The second-order valence-electron chi connectivity index (χ2n) is 4.73. The average Bonchev–Trinajstić information content (AvgIpc) is 3.10. The van der Waals surface area contributed by atoms with E-state index >= 15 is 0 Å². The first-order valence-corrected chi connectivity index (χ1v) is 6.50. The summed E-state index contributed by atoms with van der Waals surface area (Å²) in [5.41, 5.74) is 2.10. The topological polar surface area (TPSA) is 83.5 Å². The Morgan fingerprint density at radius 2 is 2.30 bits per heavy atom. The molecule has 0 radical (unpaired) electrons. The monoisotopic (exact) mass is 270 g/mol. The molecule has 0 spiro atoms. The summed E-state index contributed by atoms with van der Waals surface area (Å²) in [6, 6.07) is 5.14. The van der Waals surface area contributed by atoms with Crippen molar-refractivity contribution >= 4 is 17.5 Å². The van der Waals surface area contributed by atoms with E-state index in [0.29, 0.717) is 25.0 Å². The number of pyridine rings is 1. The number of aromatic nitrogens is 1. The number of amides is 2. The number of hydrogen-bond acceptors (Lipinski definition) is 4. The lowest BCUT2D eigenvalue weighted by atomic mass is 10.1. The number of carbonyl (C=O) groups is 2. The minimum atomic E-state index is -0.428. The Bertz CT molecular complexity index is 607. The van der Waals surface area contributed by atoms with E-state index in [4.69, 9.17) is 0 Å². The number of aliphatic imine (C=N–C) groups is 1. The van der Waals surface area contributed by atoms with Crippen molar-refractivity contribution < 1.29 is 9.59 Å². The van der Waals surface area contributed by atoms with Crippen molar-refractivity contribution in [2.24, 2.45) is 4.99 Å². The first-order valence-electron chi connectivity index (χ1n) is 6.50. The molecular weight excluding hydrogens is 256 g/mol. The molecule has 2 amide bonds. The quantitative estimate of drug-likeness (QED) is 0.821. The summed E-state index contributed by atoms with van der Waals surface area (Å²) in [4.78, 5) is 31.9. The van der Waals surface area contributed by atoms with Gasteiger partial charge in [-0.05, 0) is 18.6 Å². The Hall–Kier alpha value is -2.50. The van der Waals surface area contributed by atoms with Gasteiger partial charge in [-0.1, -0.05) is 6.07 Å². The van der Waals surface area contributed by atoms with Crippen LogP contribution in [0, 0.1) is 0 Å². The zero-order valence-electron chi connectivity index (χ0n) is 10.8. The number of nitrogens with zero attached hydrogens (tertiary/aromatic N) is 2. The van der Waals surface area contributed by atoms with Crippen LogP contribution in [0.15, 0.2) is 41.2 Å². The molecule has 1 saturated heterocycles. The second kappa shape index (κ2) is 5.24. The van der Waals surface area contributed by atoms with Crippen LogP contribution in [0.1, 0.15) is 18.5 Å². The smallest absolute Gasteiger partial charge is 0.249 e. The summed E-state index contributed by atoms with van der Waals surface area (Å²) < 4.78 is 0. The molecule has 1 aromatic heterocycles. The molecule has 1 fully saturated rings. The van der Waals surface area contributed by atoms with Gasteiger partial charge >= 0.3 is 0 Å². The van der Waals surface area contributed by atoms with Crippen molar-refractivity contribution in [3.63, 3.8) is 0 Å². The lowest BCUT2D eigenvalue weighted by molar-refractivity contribution is -0.125. The van der Waals surface area contributed by atoms with E-state index in [1.165, 1.54) is 0 Å². The fourth-order valence-corrected chi connectivity index (χ4v) is 2.24. The van der Waals surface area contributed by atoms with Crippen molar-refractivity contribution in [3.8, 4) is 0 Å². The molecule has 1 atom stereocenters. The van der Waals surface area contributed by atoms with E-state index in [1.807, 2.05) is 18.2 Å². The van der Waals surface area contributed by atoms with Gasteiger partial charge in [-0.25, -0.2) is 0 Å². The van der Waals surface area contributed by atoms with Crippen LogP contribution in [0.2, 0.25) is 0 Å². The Morgan fingerprint density at radius 1 is 1.40 bits per heavy atom. The molecule has 3 heterocycles. The fraction of sp³-hybridized carbons (Fsp3) is 0.286. The van der Waals surface area contributed by atoms with Crippen LogP contribution in [0.25, 0.3) is 0 Å². The van der Waals surface area contributed by atoms with Gasteiger partial charge in [-0.15, -0.1) is 0 Å². The molecule has 20 heavy (non-hydrogen) atoms. The van der Waals surface area contributed by atoms with Crippen molar-refractivity contribution in [1.82, 2.24) is 15.6 Å². The van der Waals surface area contributed by atoms with Crippen LogP contribution < -0.4 is 10.6 Å². The molecule has 6 nitrogen and oxygen atoms in total. The standard InChI is InChI=1S/C14H14N4O2/c19-13(18-11-4-6-16-14(11)20)9-7-12(17-8-9)10-3-1-2-5-15-10/h1-3,5,8,11H,4,6-7H2,(H,16,20)(H,18,19)/t11-/m0/s1. The number of nitrogens with one attached hydrogen (secondary N) is 2. The Balaban J connectivity index is 1.61. The second-order valence-corrected chi connectivity index (χ2v) is 4.73. The SMILES string of the molecule is O=C(N[C@H]1CCNC1=O)C1=CN=C(c2ccccn2)C1. The Labute approximate surface area is 116 Å². The van der Waals surface area contributed by atoms with Gasteiger partial charge in [0.1, 0.15) is 6.04 Å². The summed E-state index contributed by atoms with van der Waals surface area (Å²) in [6.45, 7) is 0.610. The number of carbonyl (C=O) groups excluding carboxylic acids is 2. The van der Waals surface area contributed by atoms with Gasteiger partial charge in [-0.3, -0.25) is 19.6 Å². The molecule has 2 N–H and O–H groups in total. The van der Waals surface area contributed by atoms with Crippen LogP contribution in [-0.2, 0) is 9.59 Å². The largest absolute Gasteiger partial charge is 0.354 e. The van der Waals surface area contributed by atoms with Crippen LogP contribution in [0.3, 0.4) is 0 Å². The van der Waals surface area contributed by atoms with Gasteiger partial charge in [0.05, 0.1) is 11.4 Å². The molecule has 2 aliphatic heterocycles. The first-order chi connectivity index (χ1) is 9.74. The lowest BCUT2D eigenvalue weighted by Gasteiger charge is -2.10. The Kier molecular flexibility index (Phi) is 3.28. The molecule has 0 unspecified atom stereocenters. The van der Waals surface area contributed by atoms with Gasteiger partial charge in [-0.2, -0.15) is 0 Å². The first kappa shape index (κ1) is 12.5. The summed E-state index contributed by atoms with van der Waals surface area (Å²) in [7, 11) is 0.